The Labute approximate surface area is 148 Å². The monoisotopic (exact) mass is 360 g/mol. The summed E-state index contributed by atoms with van der Waals surface area (Å²) in [5.41, 5.74) is -0.182. The van der Waals surface area contributed by atoms with Gasteiger partial charge in [-0.2, -0.15) is 0 Å². The maximum atomic E-state index is 12.6. The molecule has 8 heteroatoms. The van der Waals surface area contributed by atoms with Crippen LogP contribution in [-0.4, -0.2) is 38.0 Å². The van der Waals surface area contributed by atoms with Crippen LogP contribution in [0.4, 0.5) is 0 Å². The van der Waals surface area contributed by atoms with E-state index in [1.54, 1.807) is 16.3 Å². The summed E-state index contributed by atoms with van der Waals surface area (Å²) >= 11 is 1.65. The largest absolute Gasteiger partial charge is 0.381 e. The number of H-pyrrole nitrogens is 1. The fourth-order valence-corrected chi connectivity index (χ4v) is 4.56. The molecule has 7 nitrogen and oxygen atoms in total. The molecule has 2 aromatic heterocycles. The average Bonchev–Trinajstić information content (AvgIpc) is 3.47. The van der Waals surface area contributed by atoms with Crippen LogP contribution in [0, 0.1) is 0 Å². The van der Waals surface area contributed by atoms with Gasteiger partial charge in [0.25, 0.3) is 5.56 Å². The van der Waals surface area contributed by atoms with Crippen LogP contribution in [0.25, 0.3) is 11.0 Å². The van der Waals surface area contributed by atoms with Crippen molar-refractivity contribution in [1.82, 2.24) is 19.5 Å². The minimum atomic E-state index is -0.367. The number of nitrogens with one attached hydrogen (secondary N) is 1. The van der Waals surface area contributed by atoms with E-state index in [-0.39, 0.29) is 17.3 Å². The summed E-state index contributed by atoms with van der Waals surface area (Å²) in [7, 11) is 0. The highest BCUT2D eigenvalue weighted by Gasteiger charge is 2.32. The van der Waals surface area contributed by atoms with Crippen LogP contribution in [0.3, 0.4) is 0 Å². The van der Waals surface area contributed by atoms with Gasteiger partial charge in [0.05, 0.1) is 0 Å². The minimum Gasteiger partial charge on any atom is -0.381 e. The number of aromatic nitrogens is 4. The molecule has 1 saturated heterocycles. The van der Waals surface area contributed by atoms with Gasteiger partial charge in [0, 0.05) is 30.4 Å². The van der Waals surface area contributed by atoms with Gasteiger partial charge in [-0.3, -0.25) is 14.3 Å². The molecule has 25 heavy (non-hydrogen) atoms. The third-order valence-corrected chi connectivity index (χ3v) is 6.39. The lowest BCUT2D eigenvalue weighted by atomic mass is 10.2. The molecule has 2 saturated carbocycles. The summed E-state index contributed by atoms with van der Waals surface area (Å²) in [5, 5.41) is 1.60. The van der Waals surface area contributed by atoms with Gasteiger partial charge in [-0.15, -0.1) is 11.8 Å². The van der Waals surface area contributed by atoms with Crippen molar-refractivity contribution in [3.8, 4) is 0 Å². The van der Waals surface area contributed by atoms with Gasteiger partial charge < -0.3 is 4.74 Å². The molecule has 0 unspecified atom stereocenters. The molecular formula is C17H20N4O3S. The SMILES string of the molecule is O=c1[nH]c(=O)n(C2CC2)c2nc(C3CC3)nc(SC3CCOCC3)c12. The van der Waals surface area contributed by atoms with Gasteiger partial charge in [0.15, 0.2) is 5.65 Å². The highest BCUT2D eigenvalue weighted by molar-refractivity contribution is 8.00. The van der Waals surface area contributed by atoms with Gasteiger partial charge in [-0.25, -0.2) is 14.8 Å². The Morgan fingerprint density at radius 2 is 1.80 bits per heavy atom. The van der Waals surface area contributed by atoms with Crippen LogP contribution in [0.5, 0.6) is 0 Å². The molecule has 132 valence electrons. The Morgan fingerprint density at radius 1 is 1.04 bits per heavy atom. The second-order valence-corrected chi connectivity index (χ2v) is 8.44. The van der Waals surface area contributed by atoms with Crippen molar-refractivity contribution in [2.45, 2.75) is 60.8 Å². The van der Waals surface area contributed by atoms with Crippen molar-refractivity contribution >= 4 is 22.8 Å². The van der Waals surface area contributed by atoms with E-state index in [0.29, 0.717) is 22.2 Å². The Kier molecular flexibility index (Phi) is 3.71. The first-order valence-electron chi connectivity index (χ1n) is 9.01. The summed E-state index contributed by atoms with van der Waals surface area (Å²) in [6, 6.07) is 0.162. The van der Waals surface area contributed by atoms with Crippen molar-refractivity contribution in [3.63, 3.8) is 0 Å². The molecule has 0 bridgehead atoms. The third-order valence-electron chi connectivity index (χ3n) is 5.07. The first-order chi connectivity index (χ1) is 12.2. The lowest BCUT2D eigenvalue weighted by Gasteiger charge is -2.21. The van der Waals surface area contributed by atoms with E-state index in [0.717, 1.165) is 62.6 Å². The summed E-state index contributed by atoms with van der Waals surface area (Å²) < 4.78 is 7.11. The number of hydrogen-bond acceptors (Lipinski definition) is 6. The Morgan fingerprint density at radius 3 is 2.48 bits per heavy atom. The van der Waals surface area contributed by atoms with Crippen LogP contribution in [0.2, 0.25) is 0 Å². The first-order valence-corrected chi connectivity index (χ1v) is 9.89. The number of nitrogens with zero attached hydrogens (tertiary/aromatic N) is 3. The van der Waals surface area contributed by atoms with Crippen LogP contribution in [-0.2, 0) is 4.74 Å². The summed E-state index contributed by atoms with van der Waals surface area (Å²) in [5.74, 6) is 1.17. The maximum absolute atomic E-state index is 12.6. The van der Waals surface area contributed by atoms with Crippen LogP contribution in [0.1, 0.15) is 56.3 Å². The van der Waals surface area contributed by atoms with Crippen molar-refractivity contribution in [3.05, 3.63) is 26.7 Å². The number of ether oxygens (including phenoxy) is 1. The second kappa shape index (κ2) is 5.95. The van der Waals surface area contributed by atoms with Gasteiger partial charge in [0.2, 0.25) is 0 Å². The molecule has 0 atom stereocenters. The average molecular weight is 360 g/mol. The second-order valence-electron chi connectivity index (χ2n) is 7.15. The topological polar surface area (TPSA) is 89.9 Å². The molecule has 2 aliphatic carbocycles. The van der Waals surface area contributed by atoms with E-state index in [9.17, 15) is 9.59 Å². The smallest absolute Gasteiger partial charge is 0.330 e. The summed E-state index contributed by atoms with van der Waals surface area (Å²) in [4.78, 5) is 36.8. The zero-order valence-corrected chi connectivity index (χ0v) is 14.7. The van der Waals surface area contributed by atoms with Gasteiger partial charge in [-0.05, 0) is 38.5 Å². The molecule has 3 fully saturated rings. The van der Waals surface area contributed by atoms with Crippen molar-refractivity contribution in [1.29, 1.82) is 0 Å². The number of fused-ring (bicyclic) bond motifs is 1. The third kappa shape index (κ3) is 2.91. The number of hydrogen-bond donors (Lipinski definition) is 1. The Hall–Kier alpha value is -1.67. The maximum Gasteiger partial charge on any atom is 0.330 e. The number of aromatic amines is 1. The Bertz CT molecular complexity index is 939. The minimum absolute atomic E-state index is 0.162. The molecule has 3 aliphatic rings. The molecule has 0 amide bonds. The predicted molar refractivity (Wildman–Crippen MR) is 94.4 cm³/mol. The first kappa shape index (κ1) is 15.6. The molecule has 0 aromatic carbocycles. The quantitative estimate of drug-likeness (QED) is 0.839. The molecule has 0 radical (unpaired) electrons. The zero-order valence-electron chi connectivity index (χ0n) is 13.9. The van der Waals surface area contributed by atoms with Crippen molar-refractivity contribution in [2.75, 3.05) is 13.2 Å². The molecule has 1 N–H and O–H groups in total. The number of thioether (sulfide) groups is 1. The van der Waals surface area contributed by atoms with E-state index in [1.165, 1.54) is 0 Å². The fraction of sp³-hybridized carbons (Fsp3) is 0.647. The molecule has 3 heterocycles. The Balaban J connectivity index is 1.70. The van der Waals surface area contributed by atoms with E-state index < -0.39 is 0 Å². The molecule has 0 spiro atoms. The summed E-state index contributed by atoms with van der Waals surface area (Å²) in [6.07, 6.45) is 6.01. The van der Waals surface area contributed by atoms with Gasteiger partial charge in [0.1, 0.15) is 16.2 Å². The van der Waals surface area contributed by atoms with Crippen LogP contribution < -0.4 is 11.2 Å². The van der Waals surface area contributed by atoms with Crippen molar-refractivity contribution < 1.29 is 4.74 Å². The molecule has 1 aliphatic heterocycles. The standard InChI is InChI=1S/C17H20N4O3S/c22-15-12-14(21(10-3-4-10)17(23)20-15)18-13(9-1-2-9)19-16(12)25-11-5-7-24-8-6-11/h9-11H,1-8H2,(H,20,22,23). The van der Waals surface area contributed by atoms with E-state index in [1.807, 2.05) is 0 Å². The zero-order chi connectivity index (χ0) is 17.0. The van der Waals surface area contributed by atoms with E-state index >= 15 is 0 Å². The van der Waals surface area contributed by atoms with Crippen LogP contribution in [0.15, 0.2) is 14.6 Å². The lowest BCUT2D eigenvalue weighted by molar-refractivity contribution is 0.1000. The highest BCUT2D eigenvalue weighted by atomic mass is 32.2. The van der Waals surface area contributed by atoms with Gasteiger partial charge >= 0.3 is 5.69 Å². The van der Waals surface area contributed by atoms with Crippen molar-refractivity contribution in [2.24, 2.45) is 0 Å². The van der Waals surface area contributed by atoms with Gasteiger partial charge in [-0.1, -0.05) is 0 Å². The normalized spacial score (nSPS) is 21.8. The molecule has 5 rings (SSSR count). The lowest BCUT2D eigenvalue weighted by Crippen LogP contribution is -2.31. The number of rotatable bonds is 4. The predicted octanol–water partition coefficient (Wildman–Crippen LogP) is 1.96. The van der Waals surface area contributed by atoms with E-state index in [4.69, 9.17) is 9.72 Å². The fourth-order valence-electron chi connectivity index (χ4n) is 3.37. The summed E-state index contributed by atoms with van der Waals surface area (Å²) in [6.45, 7) is 1.50. The highest BCUT2D eigenvalue weighted by Crippen LogP contribution is 2.41. The molecular weight excluding hydrogens is 340 g/mol. The van der Waals surface area contributed by atoms with E-state index in [2.05, 4.69) is 9.97 Å². The van der Waals surface area contributed by atoms with Crippen LogP contribution >= 0.6 is 11.8 Å². The molecule has 2 aromatic rings.